The van der Waals surface area contributed by atoms with Gasteiger partial charge in [-0.15, -0.1) is 0 Å². The molecule has 0 N–H and O–H groups in total. The van der Waals surface area contributed by atoms with Crippen LogP contribution in [0, 0.1) is 0 Å². The summed E-state index contributed by atoms with van der Waals surface area (Å²) in [6, 6.07) is 17.1. The van der Waals surface area contributed by atoms with Crippen molar-refractivity contribution in [1.82, 2.24) is 0 Å². The minimum Gasteiger partial charge on any atom is -0.266 e. The van der Waals surface area contributed by atoms with E-state index >= 15 is 0 Å². The highest BCUT2D eigenvalue weighted by molar-refractivity contribution is 7.86. The normalized spacial score (nSPS) is 16.0. The summed E-state index contributed by atoms with van der Waals surface area (Å²) in [6.45, 7) is 0.213. The average Bonchev–Trinajstić information content (AvgIpc) is 2.67. The van der Waals surface area contributed by atoms with E-state index in [1.54, 1.807) is 30.3 Å². The lowest BCUT2D eigenvalue weighted by Crippen LogP contribution is -2.08. The van der Waals surface area contributed by atoms with Gasteiger partial charge in [-0.25, -0.2) is 0 Å². The maximum atomic E-state index is 12.1. The van der Waals surface area contributed by atoms with Gasteiger partial charge in [-0.1, -0.05) is 61.7 Å². The Morgan fingerprint density at radius 1 is 0.920 bits per heavy atom. The molecule has 0 bridgehead atoms. The number of rotatable bonds is 7. The second-order valence-electron chi connectivity index (χ2n) is 6.77. The van der Waals surface area contributed by atoms with Gasteiger partial charge in [0.2, 0.25) is 0 Å². The van der Waals surface area contributed by atoms with Gasteiger partial charge in [0.05, 0.1) is 11.5 Å². The van der Waals surface area contributed by atoms with Crippen molar-refractivity contribution in [3.05, 3.63) is 65.7 Å². The van der Waals surface area contributed by atoms with Crippen LogP contribution in [0.15, 0.2) is 59.5 Å². The third kappa shape index (κ3) is 5.16. The van der Waals surface area contributed by atoms with Gasteiger partial charge in [0.25, 0.3) is 10.1 Å². The largest absolute Gasteiger partial charge is 0.296 e. The third-order valence-electron chi connectivity index (χ3n) is 4.91. The highest BCUT2D eigenvalue weighted by Gasteiger charge is 2.16. The van der Waals surface area contributed by atoms with Crippen molar-refractivity contribution in [2.45, 2.75) is 55.8 Å². The summed E-state index contributed by atoms with van der Waals surface area (Å²) in [5.41, 5.74) is 2.71. The van der Waals surface area contributed by atoms with Crippen molar-refractivity contribution in [2.75, 3.05) is 6.61 Å². The van der Waals surface area contributed by atoms with Crippen molar-refractivity contribution < 1.29 is 12.6 Å². The molecule has 2 aromatic carbocycles. The standard InChI is InChI=1S/C21H26O3S/c22-25(23,21-14-5-2-6-15-21)24-16-8-10-18-9-7-13-20(17-18)19-11-3-1-4-12-19/h2,5-7,9,13-15,17,19H,1,3-4,8,10-12,16H2. The van der Waals surface area contributed by atoms with Crippen LogP contribution in [-0.2, 0) is 20.7 Å². The fourth-order valence-electron chi connectivity index (χ4n) is 3.54. The van der Waals surface area contributed by atoms with Crippen LogP contribution in [0.25, 0.3) is 0 Å². The highest BCUT2D eigenvalue weighted by atomic mass is 32.2. The Morgan fingerprint density at radius 2 is 1.68 bits per heavy atom. The Balaban J connectivity index is 1.51. The number of hydrogen-bond donors (Lipinski definition) is 0. The van der Waals surface area contributed by atoms with Crippen LogP contribution in [0.2, 0.25) is 0 Å². The third-order valence-corrected chi connectivity index (χ3v) is 6.23. The molecule has 0 aromatic heterocycles. The van der Waals surface area contributed by atoms with Crippen LogP contribution in [-0.4, -0.2) is 15.0 Å². The molecule has 0 unspecified atom stereocenters. The maximum Gasteiger partial charge on any atom is 0.296 e. The zero-order valence-corrected chi connectivity index (χ0v) is 15.4. The first-order valence-corrected chi connectivity index (χ1v) is 10.6. The molecule has 134 valence electrons. The molecule has 0 saturated heterocycles. The van der Waals surface area contributed by atoms with E-state index < -0.39 is 10.1 Å². The monoisotopic (exact) mass is 358 g/mol. The van der Waals surface area contributed by atoms with Crippen LogP contribution in [0.4, 0.5) is 0 Å². The Bertz CT molecular complexity index is 763. The SMILES string of the molecule is O=S(=O)(OCCCc1cccc(C2CCCCC2)c1)c1ccccc1. The highest BCUT2D eigenvalue weighted by Crippen LogP contribution is 2.32. The zero-order chi connectivity index (χ0) is 17.5. The summed E-state index contributed by atoms with van der Waals surface area (Å²) >= 11 is 0. The number of benzene rings is 2. The zero-order valence-electron chi connectivity index (χ0n) is 14.6. The summed E-state index contributed by atoms with van der Waals surface area (Å²) in [4.78, 5) is 0.217. The Kier molecular flexibility index (Phi) is 6.27. The fraction of sp³-hybridized carbons (Fsp3) is 0.429. The van der Waals surface area contributed by atoms with E-state index in [2.05, 4.69) is 24.3 Å². The van der Waals surface area contributed by atoms with Gasteiger partial charge in [0.1, 0.15) is 0 Å². The van der Waals surface area contributed by atoms with Crippen LogP contribution < -0.4 is 0 Å². The molecule has 2 aromatic rings. The number of aryl methyl sites for hydroxylation is 1. The average molecular weight is 359 g/mol. The van der Waals surface area contributed by atoms with E-state index in [0.717, 1.165) is 6.42 Å². The molecule has 3 nitrogen and oxygen atoms in total. The van der Waals surface area contributed by atoms with E-state index in [4.69, 9.17) is 4.18 Å². The molecule has 4 heteroatoms. The van der Waals surface area contributed by atoms with E-state index in [-0.39, 0.29) is 11.5 Å². The van der Waals surface area contributed by atoms with Crippen molar-refractivity contribution in [1.29, 1.82) is 0 Å². The van der Waals surface area contributed by atoms with Crippen LogP contribution >= 0.6 is 0 Å². The van der Waals surface area contributed by atoms with Crippen molar-refractivity contribution in [3.63, 3.8) is 0 Å². The van der Waals surface area contributed by atoms with Gasteiger partial charge < -0.3 is 0 Å². The van der Waals surface area contributed by atoms with Gasteiger partial charge in [0.15, 0.2) is 0 Å². The molecule has 1 fully saturated rings. The molecule has 1 aliphatic rings. The molecule has 0 radical (unpaired) electrons. The molecule has 25 heavy (non-hydrogen) atoms. The minimum absolute atomic E-state index is 0.213. The molecule has 1 aliphatic carbocycles. The van der Waals surface area contributed by atoms with Crippen LogP contribution in [0.1, 0.15) is 55.6 Å². The molecule has 0 aliphatic heterocycles. The summed E-state index contributed by atoms with van der Waals surface area (Å²) in [7, 11) is -3.64. The summed E-state index contributed by atoms with van der Waals surface area (Å²) in [5, 5.41) is 0. The molecule has 0 heterocycles. The summed E-state index contributed by atoms with van der Waals surface area (Å²) in [6.07, 6.45) is 8.15. The Hall–Kier alpha value is -1.65. The maximum absolute atomic E-state index is 12.1. The Labute approximate surface area is 151 Å². The predicted octanol–water partition coefficient (Wildman–Crippen LogP) is 5.07. The molecule has 1 saturated carbocycles. The molecule has 3 rings (SSSR count). The van der Waals surface area contributed by atoms with E-state index in [0.29, 0.717) is 12.3 Å². The first-order valence-electron chi connectivity index (χ1n) is 9.18. The molecule has 0 spiro atoms. The summed E-state index contributed by atoms with van der Waals surface area (Å²) in [5.74, 6) is 0.698. The minimum atomic E-state index is -3.64. The van der Waals surface area contributed by atoms with E-state index in [9.17, 15) is 8.42 Å². The second kappa shape index (κ2) is 8.63. The first kappa shape index (κ1) is 18.2. The van der Waals surface area contributed by atoms with Gasteiger partial charge >= 0.3 is 0 Å². The van der Waals surface area contributed by atoms with Gasteiger partial charge in [-0.3, -0.25) is 4.18 Å². The lowest BCUT2D eigenvalue weighted by molar-refractivity contribution is 0.312. The van der Waals surface area contributed by atoms with Crippen LogP contribution in [0.5, 0.6) is 0 Å². The molecule has 0 amide bonds. The van der Waals surface area contributed by atoms with Gasteiger partial charge in [-0.2, -0.15) is 8.42 Å². The smallest absolute Gasteiger partial charge is 0.266 e. The van der Waals surface area contributed by atoms with Crippen molar-refractivity contribution in [3.8, 4) is 0 Å². The first-order chi connectivity index (χ1) is 12.1. The predicted molar refractivity (Wildman–Crippen MR) is 100 cm³/mol. The molecular formula is C21H26O3S. The lowest BCUT2D eigenvalue weighted by Gasteiger charge is -2.22. The molecule has 0 atom stereocenters. The van der Waals surface area contributed by atoms with Gasteiger partial charge in [-0.05, 0) is 54.9 Å². The van der Waals surface area contributed by atoms with E-state index in [1.165, 1.54) is 43.2 Å². The van der Waals surface area contributed by atoms with Crippen molar-refractivity contribution in [2.24, 2.45) is 0 Å². The summed E-state index contributed by atoms with van der Waals surface area (Å²) < 4.78 is 29.3. The quantitative estimate of drug-likeness (QED) is 0.512. The van der Waals surface area contributed by atoms with Crippen LogP contribution in [0.3, 0.4) is 0 Å². The van der Waals surface area contributed by atoms with E-state index in [1.807, 2.05) is 0 Å². The molecular weight excluding hydrogens is 332 g/mol. The second-order valence-corrected chi connectivity index (χ2v) is 8.39. The van der Waals surface area contributed by atoms with Gasteiger partial charge in [0, 0.05) is 0 Å². The Morgan fingerprint density at radius 3 is 2.44 bits per heavy atom. The number of hydrogen-bond acceptors (Lipinski definition) is 3. The lowest BCUT2D eigenvalue weighted by atomic mass is 9.83. The topological polar surface area (TPSA) is 43.4 Å². The fourth-order valence-corrected chi connectivity index (χ4v) is 4.50. The van der Waals surface area contributed by atoms with Crippen molar-refractivity contribution >= 4 is 10.1 Å².